The third-order valence-electron chi connectivity index (χ3n) is 4.31. The van der Waals surface area contributed by atoms with Gasteiger partial charge in [-0.05, 0) is 53.4 Å². The maximum atomic E-state index is 12.8. The highest BCUT2D eigenvalue weighted by Crippen LogP contribution is 2.32. The Bertz CT molecular complexity index is 949. The van der Waals surface area contributed by atoms with Gasteiger partial charge in [0.25, 0.3) is 5.91 Å². The molecule has 0 aliphatic rings. The molecule has 0 fully saturated rings. The number of benzene rings is 3. The SMILES string of the molecule is O=C(Nc1ccc(CCO)cc1)c1ccccc1-c1ccc(C(F)(F)F)cc1. The van der Waals surface area contributed by atoms with Crippen LogP contribution < -0.4 is 5.32 Å². The molecule has 28 heavy (non-hydrogen) atoms. The van der Waals surface area contributed by atoms with E-state index in [0.717, 1.165) is 17.7 Å². The molecule has 0 heterocycles. The van der Waals surface area contributed by atoms with Gasteiger partial charge in [-0.3, -0.25) is 4.79 Å². The quantitative estimate of drug-likeness (QED) is 0.637. The molecule has 144 valence electrons. The molecule has 3 aromatic rings. The lowest BCUT2D eigenvalue weighted by atomic mass is 9.98. The molecule has 0 aromatic heterocycles. The van der Waals surface area contributed by atoms with Gasteiger partial charge in [0.15, 0.2) is 0 Å². The number of carbonyl (C=O) groups is 1. The van der Waals surface area contributed by atoms with Crippen molar-refractivity contribution in [3.63, 3.8) is 0 Å². The fourth-order valence-corrected chi connectivity index (χ4v) is 2.85. The molecular weight excluding hydrogens is 367 g/mol. The van der Waals surface area contributed by atoms with Crippen LogP contribution in [0.25, 0.3) is 11.1 Å². The van der Waals surface area contributed by atoms with Gasteiger partial charge in [0.05, 0.1) is 5.56 Å². The van der Waals surface area contributed by atoms with Crippen LogP contribution in [0.2, 0.25) is 0 Å². The fraction of sp³-hybridized carbons (Fsp3) is 0.136. The van der Waals surface area contributed by atoms with Crippen molar-refractivity contribution in [2.75, 3.05) is 11.9 Å². The van der Waals surface area contributed by atoms with Crippen molar-refractivity contribution in [3.8, 4) is 11.1 Å². The minimum absolute atomic E-state index is 0.0478. The van der Waals surface area contributed by atoms with E-state index in [9.17, 15) is 18.0 Å². The maximum absolute atomic E-state index is 12.8. The van der Waals surface area contributed by atoms with Gasteiger partial charge in [0, 0.05) is 17.9 Å². The highest BCUT2D eigenvalue weighted by molar-refractivity contribution is 6.08. The van der Waals surface area contributed by atoms with E-state index in [-0.39, 0.29) is 12.5 Å². The topological polar surface area (TPSA) is 49.3 Å². The van der Waals surface area contributed by atoms with Crippen LogP contribution >= 0.6 is 0 Å². The summed E-state index contributed by atoms with van der Waals surface area (Å²) in [4.78, 5) is 12.7. The summed E-state index contributed by atoms with van der Waals surface area (Å²) in [7, 11) is 0. The van der Waals surface area contributed by atoms with E-state index in [1.54, 1.807) is 36.4 Å². The summed E-state index contributed by atoms with van der Waals surface area (Å²) in [5.74, 6) is -0.356. The van der Waals surface area contributed by atoms with Crippen LogP contribution in [0, 0.1) is 0 Å². The number of hydrogen-bond donors (Lipinski definition) is 2. The molecule has 0 aliphatic heterocycles. The van der Waals surface area contributed by atoms with E-state index in [1.807, 2.05) is 12.1 Å². The number of alkyl halides is 3. The first kappa shape index (κ1) is 19.6. The molecule has 3 nitrogen and oxygen atoms in total. The molecule has 0 atom stereocenters. The molecule has 0 radical (unpaired) electrons. The second-order valence-corrected chi connectivity index (χ2v) is 6.25. The smallest absolute Gasteiger partial charge is 0.396 e. The number of nitrogens with one attached hydrogen (secondary N) is 1. The molecular formula is C22H18F3NO2. The van der Waals surface area contributed by atoms with E-state index in [2.05, 4.69) is 5.32 Å². The minimum Gasteiger partial charge on any atom is -0.396 e. The van der Waals surface area contributed by atoms with Crippen LogP contribution in [0.15, 0.2) is 72.8 Å². The summed E-state index contributed by atoms with van der Waals surface area (Å²) in [6, 6.07) is 18.6. The Morgan fingerprint density at radius 3 is 2.14 bits per heavy atom. The van der Waals surface area contributed by atoms with Crippen LogP contribution in [0.5, 0.6) is 0 Å². The number of aliphatic hydroxyl groups excluding tert-OH is 1. The van der Waals surface area contributed by atoms with Gasteiger partial charge in [-0.1, -0.05) is 42.5 Å². The second kappa shape index (κ2) is 8.27. The van der Waals surface area contributed by atoms with Crippen LogP contribution in [0.4, 0.5) is 18.9 Å². The molecule has 0 saturated heterocycles. The lowest BCUT2D eigenvalue weighted by Crippen LogP contribution is -2.13. The van der Waals surface area contributed by atoms with E-state index in [4.69, 9.17) is 5.11 Å². The van der Waals surface area contributed by atoms with Gasteiger partial charge >= 0.3 is 6.18 Å². The Balaban J connectivity index is 1.84. The van der Waals surface area contributed by atoms with Crippen LogP contribution in [-0.4, -0.2) is 17.6 Å². The Hall–Kier alpha value is -3.12. The van der Waals surface area contributed by atoms with Gasteiger partial charge < -0.3 is 10.4 Å². The predicted molar refractivity (Wildman–Crippen MR) is 102 cm³/mol. The third kappa shape index (κ3) is 4.58. The largest absolute Gasteiger partial charge is 0.416 e. The molecule has 3 aromatic carbocycles. The average molecular weight is 385 g/mol. The van der Waals surface area contributed by atoms with Crippen LogP contribution in [-0.2, 0) is 12.6 Å². The molecule has 1 amide bonds. The number of hydrogen-bond acceptors (Lipinski definition) is 2. The van der Waals surface area contributed by atoms with Crippen molar-refractivity contribution < 1.29 is 23.1 Å². The second-order valence-electron chi connectivity index (χ2n) is 6.25. The lowest BCUT2D eigenvalue weighted by Gasteiger charge is -2.12. The van der Waals surface area contributed by atoms with Crippen molar-refractivity contribution in [1.82, 2.24) is 0 Å². The maximum Gasteiger partial charge on any atom is 0.416 e. The number of rotatable bonds is 5. The number of halogens is 3. The highest BCUT2D eigenvalue weighted by Gasteiger charge is 2.30. The number of aliphatic hydroxyl groups is 1. The molecule has 0 aliphatic carbocycles. The van der Waals surface area contributed by atoms with Gasteiger partial charge in [-0.15, -0.1) is 0 Å². The highest BCUT2D eigenvalue weighted by atomic mass is 19.4. The first-order valence-electron chi connectivity index (χ1n) is 8.66. The molecule has 3 rings (SSSR count). The van der Waals surface area contributed by atoms with Crippen LogP contribution in [0.3, 0.4) is 0 Å². The van der Waals surface area contributed by atoms with Gasteiger partial charge in [-0.2, -0.15) is 13.2 Å². The monoisotopic (exact) mass is 385 g/mol. The standard InChI is InChI=1S/C22H18F3NO2/c23-22(24,25)17-9-7-16(8-10-17)19-3-1-2-4-20(19)21(28)26-18-11-5-15(6-12-18)13-14-27/h1-12,27H,13-14H2,(H,26,28). The van der Waals surface area contributed by atoms with Gasteiger partial charge in [0.2, 0.25) is 0 Å². The molecule has 0 unspecified atom stereocenters. The Morgan fingerprint density at radius 2 is 1.54 bits per heavy atom. The molecule has 0 saturated carbocycles. The average Bonchev–Trinajstić information content (AvgIpc) is 2.69. The summed E-state index contributed by atoms with van der Waals surface area (Å²) in [5.41, 5.74) is 2.24. The number of amides is 1. The van der Waals surface area contributed by atoms with Crippen molar-refractivity contribution in [1.29, 1.82) is 0 Å². The zero-order chi connectivity index (χ0) is 20.1. The number of anilines is 1. The first-order valence-corrected chi connectivity index (χ1v) is 8.66. The van der Waals surface area contributed by atoms with Crippen LogP contribution in [0.1, 0.15) is 21.5 Å². The minimum atomic E-state index is -4.41. The van der Waals surface area contributed by atoms with E-state index in [1.165, 1.54) is 12.1 Å². The summed E-state index contributed by atoms with van der Waals surface area (Å²) in [6.07, 6.45) is -3.87. The third-order valence-corrected chi connectivity index (χ3v) is 4.31. The summed E-state index contributed by atoms with van der Waals surface area (Å²) < 4.78 is 38.3. The fourth-order valence-electron chi connectivity index (χ4n) is 2.85. The summed E-state index contributed by atoms with van der Waals surface area (Å²) in [6.45, 7) is 0.0478. The van der Waals surface area contributed by atoms with Gasteiger partial charge in [-0.25, -0.2) is 0 Å². The van der Waals surface area contributed by atoms with Crippen molar-refractivity contribution >= 4 is 11.6 Å². The summed E-state index contributed by atoms with van der Waals surface area (Å²) >= 11 is 0. The lowest BCUT2D eigenvalue weighted by molar-refractivity contribution is -0.137. The Kier molecular flexibility index (Phi) is 5.80. The zero-order valence-corrected chi connectivity index (χ0v) is 14.8. The van der Waals surface area contributed by atoms with Gasteiger partial charge in [0.1, 0.15) is 0 Å². The van der Waals surface area contributed by atoms with E-state index >= 15 is 0 Å². The molecule has 6 heteroatoms. The predicted octanol–water partition coefficient (Wildman–Crippen LogP) is 5.16. The Labute approximate surface area is 160 Å². The molecule has 2 N–H and O–H groups in total. The number of carbonyl (C=O) groups excluding carboxylic acids is 1. The first-order chi connectivity index (χ1) is 13.4. The normalized spacial score (nSPS) is 11.3. The molecule has 0 bridgehead atoms. The van der Waals surface area contributed by atoms with Crippen molar-refractivity contribution in [3.05, 3.63) is 89.5 Å². The molecule has 0 spiro atoms. The van der Waals surface area contributed by atoms with E-state index < -0.39 is 11.7 Å². The van der Waals surface area contributed by atoms with E-state index in [0.29, 0.717) is 28.8 Å². The zero-order valence-electron chi connectivity index (χ0n) is 14.8. The Morgan fingerprint density at radius 1 is 0.893 bits per heavy atom. The van der Waals surface area contributed by atoms with Crippen molar-refractivity contribution in [2.24, 2.45) is 0 Å². The van der Waals surface area contributed by atoms with Crippen molar-refractivity contribution in [2.45, 2.75) is 12.6 Å². The summed E-state index contributed by atoms with van der Waals surface area (Å²) in [5, 5.41) is 11.7.